The molecule has 4 N–H and O–H groups in total. The van der Waals surface area contributed by atoms with Crippen LogP contribution >= 0.6 is 11.8 Å². The van der Waals surface area contributed by atoms with E-state index in [1.165, 1.54) is 58.0 Å². The van der Waals surface area contributed by atoms with Crippen molar-refractivity contribution < 1.29 is 6.16 Å². The third-order valence-corrected chi connectivity index (χ3v) is 5.34. The molecule has 1 aliphatic heterocycles. The summed E-state index contributed by atoms with van der Waals surface area (Å²) >= 11 is 1.01. The van der Waals surface area contributed by atoms with Gasteiger partial charge in [0.25, 0.3) is 0 Å². The second-order valence-electron chi connectivity index (χ2n) is 7.75. The van der Waals surface area contributed by atoms with Crippen LogP contribution in [0.5, 0.6) is 0 Å². The number of nitrogens with zero attached hydrogens (tertiary/aromatic N) is 1. The zero-order chi connectivity index (χ0) is 19.3. The van der Waals surface area contributed by atoms with Gasteiger partial charge in [-0.05, 0) is 44.1 Å². The van der Waals surface area contributed by atoms with Gasteiger partial charge in [0.05, 0.1) is 11.7 Å². The van der Waals surface area contributed by atoms with E-state index in [-0.39, 0.29) is 12.0 Å². The molecule has 6 heteroatoms. The van der Waals surface area contributed by atoms with Crippen molar-refractivity contribution in [3.63, 3.8) is 0 Å². The zero-order valence-electron chi connectivity index (χ0n) is 17.0. The number of methoxy groups -OCH3 is 1. The number of ether oxygens (including phenoxy) is 1. The number of hydrogen-bond acceptors (Lipinski definition) is 5. The monoisotopic (exact) mass is 374 g/mol. The van der Waals surface area contributed by atoms with Gasteiger partial charge in [0.2, 0.25) is 0 Å². The van der Waals surface area contributed by atoms with Crippen LogP contribution in [-0.4, -0.2) is 48.0 Å². The van der Waals surface area contributed by atoms with E-state index >= 15 is 0 Å². The van der Waals surface area contributed by atoms with Crippen molar-refractivity contribution >= 4 is 22.0 Å². The molecular weight excluding hydrogens is 332 g/mol. The summed E-state index contributed by atoms with van der Waals surface area (Å²) in [6.07, 6.45) is 9.65. The summed E-state index contributed by atoms with van der Waals surface area (Å²) in [4.78, 5) is 2.62. The highest BCUT2D eigenvalue weighted by Gasteiger charge is 2.23. The summed E-state index contributed by atoms with van der Waals surface area (Å²) in [5.74, 6) is 0. The van der Waals surface area contributed by atoms with Gasteiger partial charge >= 0.3 is 0 Å². The van der Waals surface area contributed by atoms with Crippen LogP contribution in [0.4, 0.5) is 0 Å². The Labute approximate surface area is 161 Å². The third-order valence-electron chi connectivity index (χ3n) is 4.30. The summed E-state index contributed by atoms with van der Waals surface area (Å²) in [5, 5.41) is 14.7. The number of thioether (sulfide) groups is 1. The Balaban J connectivity index is 0. The van der Waals surface area contributed by atoms with Gasteiger partial charge < -0.3 is 10.5 Å². The van der Waals surface area contributed by atoms with Crippen molar-refractivity contribution in [2.75, 3.05) is 26.8 Å². The van der Waals surface area contributed by atoms with E-state index in [9.17, 15) is 0 Å². The maximum Gasteiger partial charge on any atom is 0.157 e. The zero-order valence-corrected chi connectivity index (χ0v) is 17.8. The molecule has 0 saturated carbocycles. The van der Waals surface area contributed by atoms with Crippen molar-refractivity contribution in [1.82, 2.24) is 4.90 Å². The fourth-order valence-electron chi connectivity index (χ4n) is 2.75. The van der Waals surface area contributed by atoms with Gasteiger partial charge in [-0.2, -0.15) is 0 Å². The molecule has 150 valence electrons. The molecule has 1 rings (SSSR count). The molecule has 25 heavy (non-hydrogen) atoms. The largest absolute Gasteiger partial charge is 0.383 e. The highest BCUT2D eigenvalue weighted by molar-refractivity contribution is 8.26. The number of nitrogens with one attached hydrogen (secondary N) is 2. The Kier molecular flexibility index (Phi) is 13.3. The van der Waals surface area contributed by atoms with E-state index < -0.39 is 0 Å². The normalized spacial score (nSPS) is 17.9. The molecule has 0 aromatic heterocycles. The maximum atomic E-state index is 7.41. The second-order valence-corrected chi connectivity index (χ2v) is 8.80. The SMILES string of the molecule is CC(C)(C)C(=N)SC(=N)N.CCCCCCCN1CCC[C@H]1COC.[HH]. The number of amidine groups is 1. The first kappa shape index (κ1) is 24.4. The predicted octanol–water partition coefficient (Wildman–Crippen LogP) is 4.95. The second kappa shape index (κ2) is 13.6. The van der Waals surface area contributed by atoms with Gasteiger partial charge in [-0.15, -0.1) is 0 Å². The quantitative estimate of drug-likeness (QED) is 0.319. The van der Waals surface area contributed by atoms with E-state index in [1.54, 1.807) is 0 Å². The van der Waals surface area contributed by atoms with Crippen molar-refractivity contribution in [2.45, 2.75) is 78.7 Å². The molecule has 1 saturated heterocycles. The molecule has 0 aliphatic carbocycles. The molecule has 0 unspecified atom stereocenters. The van der Waals surface area contributed by atoms with Crippen LogP contribution in [0.1, 0.15) is 74.1 Å². The average Bonchev–Trinajstić information content (AvgIpc) is 2.94. The summed E-state index contributed by atoms with van der Waals surface area (Å²) < 4.78 is 5.26. The Morgan fingerprint density at radius 2 is 1.88 bits per heavy atom. The molecule has 0 aromatic carbocycles. The van der Waals surface area contributed by atoms with Gasteiger partial charge in [0.1, 0.15) is 0 Å². The first-order valence-corrected chi connectivity index (χ1v) is 10.4. The van der Waals surface area contributed by atoms with E-state index in [0.717, 1.165) is 18.4 Å². The lowest BCUT2D eigenvalue weighted by molar-refractivity contribution is 0.114. The lowest BCUT2D eigenvalue weighted by Gasteiger charge is -2.23. The lowest BCUT2D eigenvalue weighted by atomic mass is 9.99. The minimum atomic E-state index is -0.184. The molecular formula is C19H42N4OS. The first-order chi connectivity index (χ1) is 11.7. The molecule has 1 aliphatic rings. The molecule has 0 radical (unpaired) electrons. The fraction of sp³-hybridized carbons (Fsp3) is 0.895. The van der Waals surface area contributed by atoms with Crippen molar-refractivity contribution in [2.24, 2.45) is 11.1 Å². The first-order valence-electron chi connectivity index (χ1n) is 9.56. The van der Waals surface area contributed by atoms with Crippen LogP contribution < -0.4 is 5.73 Å². The van der Waals surface area contributed by atoms with Gasteiger partial charge in [-0.1, -0.05) is 53.4 Å². The minimum absolute atomic E-state index is 0. The van der Waals surface area contributed by atoms with Crippen LogP contribution in [0.15, 0.2) is 0 Å². The summed E-state index contributed by atoms with van der Waals surface area (Å²) in [6.45, 7) is 11.5. The Hall–Kier alpha value is -0.590. The standard InChI is InChI=1S/C13H27NO.C6H13N3S.H2/c1-3-4-5-6-7-10-14-11-8-9-13(14)12-15-2;1-6(2,3)4(7)10-5(8)9;/h13H,3-12H2,1-2H3;7H,1-3H3,(H3,8,9);1H/t13-;;/m0../s1. The molecule has 0 spiro atoms. The molecule has 5 nitrogen and oxygen atoms in total. The topological polar surface area (TPSA) is 86.2 Å². The average molecular weight is 375 g/mol. The maximum absolute atomic E-state index is 7.41. The lowest BCUT2D eigenvalue weighted by Crippen LogP contribution is -2.33. The molecule has 1 fully saturated rings. The van der Waals surface area contributed by atoms with Crippen molar-refractivity contribution in [1.29, 1.82) is 10.8 Å². The van der Waals surface area contributed by atoms with Crippen molar-refractivity contribution in [3.8, 4) is 0 Å². The van der Waals surface area contributed by atoms with Gasteiger partial charge in [-0.3, -0.25) is 15.7 Å². The number of rotatable bonds is 8. The minimum Gasteiger partial charge on any atom is -0.383 e. The Morgan fingerprint density at radius 3 is 2.36 bits per heavy atom. The Morgan fingerprint density at radius 1 is 1.24 bits per heavy atom. The number of hydrogen-bond donors (Lipinski definition) is 3. The van der Waals surface area contributed by atoms with Crippen LogP contribution in [0.2, 0.25) is 0 Å². The molecule has 1 heterocycles. The highest BCUT2D eigenvalue weighted by Crippen LogP contribution is 2.22. The van der Waals surface area contributed by atoms with E-state index in [4.69, 9.17) is 21.3 Å². The van der Waals surface area contributed by atoms with Gasteiger partial charge in [0, 0.05) is 20.0 Å². The van der Waals surface area contributed by atoms with Gasteiger partial charge in [0.15, 0.2) is 5.17 Å². The molecule has 1 atom stereocenters. The van der Waals surface area contributed by atoms with E-state index in [0.29, 0.717) is 11.1 Å². The molecule has 0 aromatic rings. The summed E-state index contributed by atoms with van der Waals surface area (Å²) in [5.41, 5.74) is 4.91. The van der Waals surface area contributed by atoms with Crippen LogP contribution in [0.25, 0.3) is 0 Å². The predicted molar refractivity (Wildman–Crippen MR) is 114 cm³/mol. The number of unbranched alkanes of at least 4 members (excludes halogenated alkanes) is 4. The Bertz CT molecular complexity index is 388. The smallest absolute Gasteiger partial charge is 0.157 e. The number of nitrogens with two attached hydrogens (primary N) is 1. The van der Waals surface area contributed by atoms with Crippen molar-refractivity contribution in [3.05, 3.63) is 0 Å². The summed E-state index contributed by atoms with van der Waals surface area (Å²) in [6, 6.07) is 0.709. The summed E-state index contributed by atoms with van der Waals surface area (Å²) in [7, 11) is 1.82. The number of likely N-dealkylation sites (tertiary alicyclic amines) is 1. The molecule has 0 bridgehead atoms. The third kappa shape index (κ3) is 12.4. The van der Waals surface area contributed by atoms with E-state index in [1.807, 2.05) is 27.9 Å². The van der Waals surface area contributed by atoms with Crippen LogP contribution in [-0.2, 0) is 4.74 Å². The van der Waals surface area contributed by atoms with E-state index in [2.05, 4.69) is 11.8 Å². The molecule has 0 amide bonds. The fourth-order valence-corrected chi connectivity index (χ4v) is 3.28. The van der Waals surface area contributed by atoms with Crippen LogP contribution in [0, 0.1) is 16.2 Å². The van der Waals surface area contributed by atoms with Gasteiger partial charge in [-0.25, -0.2) is 0 Å². The van der Waals surface area contributed by atoms with Crippen LogP contribution in [0.3, 0.4) is 0 Å². The highest BCUT2D eigenvalue weighted by atomic mass is 32.2.